The third-order valence-electron chi connectivity index (χ3n) is 6.33. The minimum absolute atomic E-state index is 0.129. The summed E-state index contributed by atoms with van der Waals surface area (Å²) in [6, 6.07) is 30.5. The van der Waals surface area contributed by atoms with Crippen LogP contribution in [0.3, 0.4) is 0 Å². The molecule has 6 rings (SSSR count). The van der Waals surface area contributed by atoms with E-state index >= 15 is 0 Å². The first-order chi connectivity index (χ1) is 17.6. The fourth-order valence-electron chi connectivity index (χ4n) is 4.69. The second-order valence-electron chi connectivity index (χ2n) is 8.40. The molecular formula is C30H18N2O4. The van der Waals surface area contributed by atoms with Crippen LogP contribution >= 0.6 is 0 Å². The number of benzene rings is 4. The maximum absolute atomic E-state index is 13.8. The number of Topliss-reactive ketones (excluding diaryl/α,β-unsaturated/α-hetero) is 2. The van der Waals surface area contributed by atoms with Gasteiger partial charge >= 0.3 is 0 Å². The maximum atomic E-state index is 13.8. The van der Waals surface area contributed by atoms with Crippen LogP contribution in [0.2, 0.25) is 0 Å². The van der Waals surface area contributed by atoms with Crippen molar-refractivity contribution < 1.29 is 19.2 Å². The number of amides is 2. The monoisotopic (exact) mass is 470 g/mol. The molecular weight excluding hydrogens is 452 g/mol. The van der Waals surface area contributed by atoms with Crippen molar-refractivity contribution >= 4 is 34.8 Å². The van der Waals surface area contributed by atoms with Crippen molar-refractivity contribution in [1.29, 1.82) is 0 Å². The number of fused-ring (bicyclic) bond motifs is 2. The number of carbonyl (C=O) groups is 4. The average Bonchev–Trinajstić information content (AvgIpc) is 3.39. The van der Waals surface area contributed by atoms with Gasteiger partial charge in [-0.15, -0.1) is 0 Å². The first-order valence-corrected chi connectivity index (χ1v) is 11.4. The second-order valence-corrected chi connectivity index (χ2v) is 8.40. The quantitative estimate of drug-likeness (QED) is 0.374. The SMILES string of the molecule is O=C1/C(=C2\C(=O)c3ccccc3N2C(=O)c2ccccc2)N(C(=O)c2ccccc2)c2ccccc21. The molecule has 4 aromatic carbocycles. The molecule has 0 radical (unpaired) electrons. The summed E-state index contributed by atoms with van der Waals surface area (Å²) in [6.07, 6.45) is 0. The molecule has 6 nitrogen and oxygen atoms in total. The Morgan fingerprint density at radius 2 is 0.778 bits per heavy atom. The number of nitrogens with zero attached hydrogens (tertiary/aromatic N) is 2. The average molecular weight is 470 g/mol. The van der Waals surface area contributed by atoms with E-state index in [0.717, 1.165) is 0 Å². The van der Waals surface area contributed by atoms with Gasteiger partial charge in [-0.1, -0.05) is 60.7 Å². The van der Waals surface area contributed by atoms with Crippen LogP contribution in [0.25, 0.3) is 0 Å². The van der Waals surface area contributed by atoms with Crippen LogP contribution in [0.4, 0.5) is 11.4 Å². The lowest BCUT2D eigenvalue weighted by Crippen LogP contribution is -2.36. The highest BCUT2D eigenvalue weighted by atomic mass is 16.2. The van der Waals surface area contributed by atoms with E-state index in [-0.39, 0.29) is 11.4 Å². The zero-order chi connectivity index (χ0) is 24.8. The van der Waals surface area contributed by atoms with Gasteiger partial charge in [0, 0.05) is 22.3 Å². The number of hydrogen-bond acceptors (Lipinski definition) is 4. The van der Waals surface area contributed by atoms with Gasteiger partial charge < -0.3 is 0 Å². The molecule has 0 aromatic heterocycles. The summed E-state index contributed by atoms with van der Waals surface area (Å²) in [7, 11) is 0. The van der Waals surface area contributed by atoms with E-state index in [4.69, 9.17) is 0 Å². The van der Waals surface area contributed by atoms with Crippen LogP contribution in [0.15, 0.2) is 121 Å². The minimum Gasteiger partial charge on any atom is -0.287 e. The summed E-state index contributed by atoms with van der Waals surface area (Å²) in [4.78, 5) is 57.6. The number of para-hydroxylation sites is 2. The fourth-order valence-corrected chi connectivity index (χ4v) is 4.69. The Bertz CT molecular complexity index is 1490. The van der Waals surface area contributed by atoms with Gasteiger partial charge in [-0.3, -0.25) is 29.0 Å². The highest BCUT2D eigenvalue weighted by Crippen LogP contribution is 2.43. The largest absolute Gasteiger partial charge is 0.287 e. The van der Waals surface area contributed by atoms with Crippen LogP contribution < -0.4 is 9.80 Å². The van der Waals surface area contributed by atoms with E-state index in [1.54, 1.807) is 109 Å². The summed E-state index contributed by atoms with van der Waals surface area (Å²) in [5, 5.41) is 0. The van der Waals surface area contributed by atoms with Crippen LogP contribution in [-0.2, 0) is 0 Å². The minimum atomic E-state index is -0.489. The molecule has 0 saturated heterocycles. The van der Waals surface area contributed by atoms with E-state index in [1.165, 1.54) is 9.80 Å². The number of anilines is 2. The summed E-state index contributed by atoms with van der Waals surface area (Å²) in [5.74, 6) is -1.91. The highest BCUT2D eigenvalue weighted by molar-refractivity contribution is 6.35. The molecule has 0 saturated carbocycles. The van der Waals surface area contributed by atoms with Crippen molar-refractivity contribution in [3.63, 3.8) is 0 Å². The number of hydrogen-bond donors (Lipinski definition) is 0. The van der Waals surface area contributed by atoms with Gasteiger partial charge in [0.25, 0.3) is 11.8 Å². The molecule has 2 aliphatic heterocycles. The molecule has 2 aliphatic rings. The van der Waals surface area contributed by atoms with E-state index in [9.17, 15) is 19.2 Å². The summed E-state index contributed by atoms with van der Waals surface area (Å²) >= 11 is 0. The van der Waals surface area contributed by atoms with Gasteiger partial charge in [-0.2, -0.15) is 0 Å². The van der Waals surface area contributed by atoms with Crippen LogP contribution in [0.5, 0.6) is 0 Å². The zero-order valence-corrected chi connectivity index (χ0v) is 18.9. The molecule has 6 heteroatoms. The van der Waals surface area contributed by atoms with E-state index in [2.05, 4.69) is 0 Å². The predicted octanol–water partition coefficient (Wildman–Crippen LogP) is 5.28. The summed E-state index contributed by atoms with van der Waals surface area (Å²) < 4.78 is 0. The Morgan fingerprint density at radius 3 is 1.17 bits per heavy atom. The Balaban J connectivity index is 1.63. The molecule has 0 unspecified atom stereocenters. The van der Waals surface area contributed by atoms with Crippen molar-refractivity contribution in [2.75, 3.05) is 9.80 Å². The van der Waals surface area contributed by atoms with Crippen molar-refractivity contribution in [3.05, 3.63) is 143 Å². The number of ketones is 2. The zero-order valence-electron chi connectivity index (χ0n) is 18.9. The number of allylic oxidation sites excluding steroid dienone is 2. The normalized spacial score (nSPS) is 16.2. The Labute approximate surface area is 206 Å². The third-order valence-corrected chi connectivity index (χ3v) is 6.33. The molecule has 2 amide bonds. The molecule has 4 aromatic rings. The first kappa shape index (κ1) is 21.4. The van der Waals surface area contributed by atoms with E-state index in [1.807, 2.05) is 0 Å². The molecule has 0 spiro atoms. The topological polar surface area (TPSA) is 74.8 Å². The highest BCUT2D eigenvalue weighted by Gasteiger charge is 2.46. The van der Waals surface area contributed by atoms with Gasteiger partial charge in [0.05, 0.1) is 11.4 Å². The van der Waals surface area contributed by atoms with E-state index < -0.39 is 23.4 Å². The smallest absolute Gasteiger partial charge is 0.263 e. The number of carbonyl (C=O) groups excluding carboxylic acids is 4. The lowest BCUT2D eigenvalue weighted by Gasteiger charge is -2.24. The Hall–Kier alpha value is -5.10. The molecule has 0 aliphatic carbocycles. The van der Waals surface area contributed by atoms with Crippen molar-refractivity contribution in [1.82, 2.24) is 0 Å². The summed E-state index contributed by atoms with van der Waals surface area (Å²) in [5.41, 5.74) is 1.77. The van der Waals surface area contributed by atoms with Crippen LogP contribution in [0, 0.1) is 0 Å². The lowest BCUT2D eigenvalue weighted by atomic mass is 10.1. The number of rotatable bonds is 2. The molecule has 172 valence electrons. The van der Waals surface area contributed by atoms with Gasteiger partial charge in [0.15, 0.2) is 0 Å². The molecule has 0 N–H and O–H groups in total. The maximum Gasteiger partial charge on any atom is 0.263 e. The Morgan fingerprint density at radius 1 is 0.444 bits per heavy atom. The van der Waals surface area contributed by atoms with Crippen molar-refractivity contribution in [3.8, 4) is 0 Å². The molecule has 0 bridgehead atoms. The second kappa shape index (κ2) is 8.29. The van der Waals surface area contributed by atoms with Gasteiger partial charge in [-0.25, -0.2) is 0 Å². The molecule has 2 heterocycles. The van der Waals surface area contributed by atoms with Gasteiger partial charge in [0.2, 0.25) is 11.6 Å². The van der Waals surface area contributed by atoms with Gasteiger partial charge in [0.1, 0.15) is 11.4 Å². The first-order valence-electron chi connectivity index (χ1n) is 11.4. The lowest BCUT2D eigenvalue weighted by molar-refractivity contribution is 0.0953. The van der Waals surface area contributed by atoms with Crippen LogP contribution in [-0.4, -0.2) is 23.4 Å². The molecule has 36 heavy (non-hydrogen) atoms. The standard InChI is InChI=1S/C30H18N2O4/c33-27-21-15-7-9-17-23(21)31(29(35)19-11-3-1-4-12-19)25(27)26-28(34)22-16-8-10-18-24(22)32(26)30(36)20-13-5-2-6-14-20/h1-18H/b26-25-. The van der Waals surface area contributed by atoms with Crippen molar-refractivity contribution in [2.24, 2.45) is 0 Å². The summed E-state index contributed by atoms with van der Waals surface area (Å²) in [6.45, 7) is 0. The van der Waals surface area contributed by atoms with E-state index in [0.29, 0.717) is 33.6 Å². The van der Waals surface area contributed by atoms with Gasteiger partial charge in [-0.05, 0) is 48.5 Å². The fraction of sp³-hybridized carbons (Fsp3) is 0. The molecule has 0 fully saturated rings. The predicted molar refractivity (Wildman–Crippen MR) is 135 cm³/mol. The van der Waals surface area contributed by atoms with Crippen molar-refractivity contribution in [2.45, 2.75) is 0 Å². The van der Waals surface area contributed by atoms with Crippen LogP contribution in [0.1, 0.15) is 41.4 Å². The molecule has 0 atom stereocenters. The third kappa shape index (κ3) is 3.12. The Kier molecular flexibility index (Phi) is 4.93.